The first-order chi connectivity index (χ1) is 9.74. The number of hydrogen-bond acceptors (Lipinski definition) is 5. The summed E-state index contributed by atoms with van der Waals surface area (Å²) in [6.45, 7) is 5.59. The van der Waals surface area contributed by atoms with Crippen molar-refractivity contribution >= 4 is 21.4 Å². The number of sulfonamides is 1. The van der Waals surface area contributed by atoms with Crippen LogP contribution in [0.15, 0.2) is 15.7 Å². The van der Waals surface area contributed by atoms with Crippen molar-refractivity contribution in [3.8, 4) is 0 Å². The van der Waals surface area contributed by atoms with E-state index in [9.17, 15) is 8.42 Å². The Morgan fingerprint density at radius 1 is 1.33 bits per heavy atom. The molecule has 1 aromatic rings. The second-order valence-corrected chi connectivity index (χ2v) is 8.87. The summed E-state index contributed by atoms with van der Waals surface area (Å²) in [5.41, 5.74) is 0.996. The molecule has 0 amide bonds. The highest BCUT2D eigenvalue weighted by molar-refractivity contribution is 7.91. The Morgan fingerprint density at radius 3 is 2.52 bits per heavy atom. The lowest BCUT2D eigenvalue weighted by Gasteiger charge is -2.23. The third kappa shape index (κ3) is 6.44. The number of thiophene rings is 1. The summed E-state index contributed by atoms with van der Waals surface area (Å²) in [7, 11) is 2.33. The fraction of sp³-hybridized carbons (Fsp3) is 0.714. The van der Waals surface area contributed by atoms with Gasteiger partial charge in [0.25, 0.3) is 0 Å². The van der Waals surface area contributed by atoms with Crippen molar-refractivity contribution in [3.05, 3.63) is 17.0 Å². The van der Waals surface area contributed by atoms with Gasteiger partial charge < -0.3 is 10.2 Å². The van der Waals surface area contributed by atoms with Crippen molar-refractivity contribution in [1.82, 2.24) is 14.9 Å². The smallest absolute Gasteiger partial charge is 0.250 e. The van der Waals surface area contributed by atoms with E-state index in [0.29, 0.717) is 23.2 Å². The predicted octanol–water partition coefficient (Wildman–Crippen LogP) is 1.72. The topological polar surface area (TPSA) is 61.4 Å². The maximum atomic E-state index is 12.5. The molecule has 5 nitrogen and oxygen atoms in total. The van der Waals surface area contributed by atoms with Crippen LogP contribution in [-0.2, 0) is 16.6 Å². The number of nitrogens with one attached hydrogen (secondary N) is 2. The predicted molar refractivity (Wildman–Crippen MR) is 89.2 cm³/mol. The van der Waals surface area contributed by atoms with Crippen molar-refractivity contribution in [2.75, 3.05) is 27.7 Å². The second-order valence-electron chi connectivity index (χ2n) is 6.01. The maximum absolute atomic E-state index is 12.5. The first-order valence-electron chi connectivity index (χ1n) is 7.13. The van der Waals surface area contributed by atoms with Crippen molar-refractivity contribution in [1.29, 1.82) is 0 Å². The second kappa shape index (κ2) is 8.24. The van der Waals surface area contributed by atoms with Gasteiger partial charge in [-0.2, -0.15) is 0 Å². The van der Waals surface area contributed by atoms with Gasteiger partial charge in [0.1, 0.15) is 4.21 Å². The van der Waals surface area contributed by atoms with Crippen LogP contribution in [0, 0.1) is 5.92 Å². The molecule has 0 saturated heterocycles. The first kappa shape index (κ1) is 18.6. The van der Waals surface area contributed by atoms with E-state index in [4.69, 9.17) is 0 Å². The van der Waals surface area contributed by atoms with Gasteiger partial charge in [-0.05, 0) is 50.5 Å². The minimum absolute atomic E-state index is 0.0696. The summed E-state index contributed by atoms with van der Waals surface area (Å²) in [5.74, 6) is 0.445. The quantitative estimate of drug-likeness (QED) is 0.722. The molecule has 0 saturated carbocycles. The zero-order valence-electron chi connectivity index (χ0n) is 13.5. The van der Waals surface area contributed by atoms with Gasteiger partial charge in [-0.3, -0.25) is 0 Å². The van der Waals surface area contributed by atoms with Crippen molar-refractivity contribution in [2.45, 2.75) is 37.1 Å². The van der Waals surface area contributed by atoms with Gasteiger partial charge in [-0.15, -0.1) is 11.3 Å². The molecule has 0 aromatic carbocycles. The van der Waals surface area contributed by atoms with E-state index < -0.39 is 10.0 Å². The number of likely N-dealkylation sites (N-methyl/N-ethyl adjacent to an activating group) is 1. The molecular formula is C14H27N3O2S2. The molecule has 1 rings (SSSR count). The maximum Gasteiger partial charge on any atom is 0.250 e. The van der Waals surface area contributed by atoms with Crippen LogP contribution in [0.25, 0.3) is 0 Å². The molecule has 0 aliphatic carbocycles. The Kier molecular flexibility index (Phi) is 7.29. The molecule has 1 heterocycles. The summed E-state index contributed by atoms with van der Waals surface area (Å²) >= 11 is 1.27. The van der Waals surface area contributed by atoms with Gasteiger partial charge in [0.15, 0.2) is 0 Å². The minimum atomic E-state index is -3.43. The summed E-state index contributed by atoms with van der Waals surface area (Å²) in [6.07, 6.45) is 0.826. The summed E-state index contributed by atoms with van der Waals surface area (Å²) in [4.78, 5) is 2.01. The highest BCUT2D eigenvalue weighted by atomic mass is 32.2. The fourth-order valence-electron chi connectivity index (χ4n) is 2.24. The molecule has 7 heteroatoms. The Morgan fingerprint density at radius 2 is 2.00 bits per heavy atom. The van der Waals surface area contributed by atoms with Gasteiger partial charge >= 0.3 is 0 Å². The van der Waals surface area contributed by atoms with Gasteiger partial charge in [-0.1, -0.05) is 13.8 Å². The molecule has 0 aliphatic rings. The van der Waals surface area contributed by atoms with Crippen molar-refractivity contribution in [3.63, 3.8) is 0 Å². The third-order valence-electron chi connectivity index (χ3n) is 2.94. The van der Waals surface area contributed by atoms with E-state index in [-0.39, 0.29) is 6.04 Å². The number of nitrogens with zero attached hydrogens (tertiary/aromatic N) is 1. The zero-order chi connectivity index (χ0) is 16.0. The molecule has 0 aliphatic heterocycles. The number of hydrogen-bond donors (Lipinski definition) is 2. The molecule has 0 radical (unpaired) electrons. The molecule has 0 spiro atoms. The average Bonchev–Trinajstić information content (AvgIpc) is 2.76. The summed E-state index contributed by atoms with van der Waals surface area (Å²) < 4.78 is 28.2. The molecular weight excluding hydrogens is 306 g/mol. The molecule has 21 heavy (non-hydrogen) atoms. The Balaban J connectivity index is 2.83. The van der Waals surface area contributed by atoms with Crippen LogP contribution in [0.2, 0.25) is 0 Å². The molecule has 1 aromatic heterocycles. The summed E-state index contributed by atoms with van der Waals surface area (Å²) in [5, 5.41) is 4.91. The summed E-state index contributed by atoms with van der Waals surface area (Å²) in [6, 6.07) is 1.67. The van der Waals surface area contributed by atoms with Crippen LogP contribution in [0.4, 0.5) is 0 Å². The molecule has 2 N–H and O–H groups in total. The van der Waals surface area contributed by atoms with Gasteiger partial charge in [0.2, 0.25) is 10.0 Å². The van der Waals surface area contributed by atoms with Gasteiger partial charge in [-0.25, -0.2) is 13.1 Å². The Labute approximate surface area is 132 Å². The lowest BCUT2D eigenvalue weighted by Crippen LogP contribution is -2.42. The van der Waals surface area contributed by atoms with Crippen molar-refractivity contribution in [2.24, 2.45) is 5.92 Å². The van der Waals surface area contributed by atoms with Crippen LogP contribution >= 0.6 is 11.3 Å². The first-order valence-corrected chi connectivity index (χ1v) is 9.50. The molecule has 1 unspecified atom stereocenters. The van der Waals surface area contributed by atoms with Gasteiger partial charge in [0.05, 0.1) is 0 Å². The SMILES string of the molecule is CNCc1csc(S(=O)(=O)NC(CC(C)C)CN(C)C)c1. The average molecular weight is 334 g/mol. The fourth-order valence-corrected chi connectivity index (χ4v) is 4.70. The monoisotopic (exact) mass is 333 g/mol. The molecule has 0 bridgehead atoms. The normalized spacial score (nSPS) is 14.0. The van der Waals surface area contributed by atoms with E-state index >= 15 is 0 Å². The standard InChI is InChI=1S/C14H27N3O2S2/c1-11(2)6-13(9-17(4)5)16-21(18,19)14-7-12(8-15-3)10-20-14/h7,10-11,13,15-16H,6,8-9H2,1-5H3. The molecule has 122 valence electrons. The number of rotatable bonds is 9. The zero-order valence-corrected chi connectivity index (χ0v) is 15.1. The third-order valence-corrected chi connectivity index (χ3v) is 5.95. The van der Waals surface area contributed by atoms with E-state index in [1.54, 1.807) is 6.07 Å². The van der Waals surface area contributed by atoms with Crippen LogP contribution in [-0.4, -0.2) is 47.0 Å². The lowest BCUT2D eigenvalue weighted by atomic mass is 10.0. The lowest BCUT2D eigenvalue weighted by molar-refractivity contribution is 0.329. The Hall–Kier alpha value is -0.470. The Bertz CT molecular complexity index is 514. The van der Waals surface area contributed by atoms with Crippen LogP contribution in [0.1, 0.15) is 25.8 Å². The minimum Gasteiger partial charge on any atom is -0.316 e. The van der Waals surface area contributed by atoms with Crippen LogP contribution < -0.4 is 10.0 Å². The molecule has 1 atom stereocenters. The largest absolute Gasteiger partial charge is 0.316 e. The van der Waals surface area contributed by atoms with Crippen LogP contribution in [0.3, 0.4) is 0 Å². The van der Waals surface area contributed by atoms with Gasteiger partial charge in [0, 0.05) is 19.1 Å². The molecule has 0 fully saturated rings. The highest BCUT2D eigenvalue weighted by Gasteiger charge is 2.22. The van der Waals surface area contributed by atoms with Crippen LogP contribution in [0.5, 0.6) is 0 Å². The highest BCUT2D eigenvalue weighted by Crippen LogP contribution is 2.21. The van der Waals surface area contributed by atoms with E-state index in [1.807, 2.05) is 31.4 Å². The van der Waals surface area contributed by atoms with E-state index in [0.717, 1.165) is 12.0 Å². The van der Waals surface area contributed by atoms with E-state index in [2.05, 4.69) is 23.9 Å². The van der Waals surface area contributed by atoms with Crippen molar-refractivity contribution < 1.29 is 8.42 Å². The van der Waals surface area contributed by atoms with E-state index in [1.165, 1.54) is 11.3 Å².